The predicted octanol–water partition coefficient (Wildman–Crippen LogP) is -1.16. The average Bonchev–Trinajstić information content (AvgIpc) is 2.93. The lowest BCUT2D eigenvalue weighted by molar-refractivity contribution is -0.881. The number of hydrogen-bond acceptors (Lipinski definition) is 5. The second-order valence-corrected chi connectivity index (χ2v) is 8.60. The molecule has 9 heteroatoms. The second kappa shape index (κ2) is 9.00. The zero-order valence-electron chi connectivity index (χ0n) is 15.1. The minimum absolute atomic E-state index is 0.00547. The molecule has 2 amide bonds. The molecular formula is C17H26N3O5S+. The summed E-state index contributed by atoms with van der Waals surface area (Å²) in [7, 11) is -1.50. The van der Waals surface area contributed by atoms with Gasteiger partial charge in [0.25, 0.3) is 11.8 Å². The maximum atomic E-state index is 12.3. The van der Waals surface area contributed by atoms with Gasteiger partial charge in [0.2, 0.25) is 0 Å². The van der Waals surface area contributed by atoms with E-state index in [1.807, 2.05) is 13.0 Å². The predicted molar refractivity (Wildman–Crippen MR) is 98.1 cm³/mol. The molecule has 8 nitrogen and oxygen atoms in total. The Morgan fingerprint density at radius 2 is 1.92 bits per heavy atom. The van der Waals surface area contributed by atoms with Crippen LogP contribution in [-0.2, 0) is 19.4 Å². The lowest BCUT2D eigenvalue weighted by Gasteiger charge is -2.18. The number of carbonyl (C=O) groups excluding carboxylic acids is 2. The number of nitrogens with one attached hydrogen (secondary N) is 3. The van der Waals surface area contributed by atoms with Crippen LogP contribution in [0.3, 0.4) is 0 Å². The second-order valence-electron chi connectivity index (χ2n) is 6.37. The van der Waals surface area contributed by atoms with Gasteiger partial charge in [0, 0.05) is 6.04 Å². The summed E-state index contributed by atoms with van der Waals surface area (Å²) in [5.41, 5.74) is 0.580. The number of quaternary nitrogens is 1. The molecule has 0 aromatic heterocycles. The first-order chi connectivity index (χ1) is 12.3. The number of para-hydroxylation sites is 2. The molecule has 1 fully saturated rings. The lowest BCUT2D eigenvalue weighted by Crippen LogP contribution is -3.14. The normalized spacial score (nSPS) is 19.5. The summed E-state index contributed by atoms with van der Waals surface area (Å²) in [5.74, 6) is 0.216. The van der Waals surface area contributed by atoms with Crippen molar-refractivity contribution >= 4 is 27.3 Å². The van der Waals surface area contributed by atoms with Crippen LogP contribution in [0.15, 0.2) is 24.3 Å². The van der Waals surface area contributed by atoms with Gasteiger partial charge in [0.15, 0.2) is 22.9 Å². The monoisotopic (exact) mass is 384 g/mol. The first-order valence-electron chi connectivity index (χ1n) is 8.59. The fourth-order valence-corrected chi connectivity index (χ4v) is 4.57. The van der Waals surface area contributed by atoms with Crippen molar-refractivity contribution in [2.75, 3.05) is 43.6 Å². The van der Waals surface area contributed by atoms with Gasteiger partial charge in [-0.15, -0.1) is 0 Å². The van der Waals surface area contributed by atoms with Crippen molar-refractivity contribution in [1.29, 1.82) is 0 Å². The molecule has 2 rings (SSSR count). The molecule has 1 aliphatic rings. The standard InChI is InChI=1S/C17H25N3O5S/c1-3-20(10-16(21)18-13-8-9-26(23,24)12-13)11-17(22)19-14-6-4-5-7-15(14)25-2/h4-7,13H,3,8-12H2,1-2H3,(H,18,21)(H,19,22)/p+1/t13-/m0/s1. The number of amides is 2. The molecule has 1 saturated heterocycles. The lowest BCUT2D eigenvalue weighted by atomic mass is 10.2. The Bertz CT molecular complexity index is 751. The molecule has 1 unspecified atom stereocenters. The average molecular weight is 384 g/mol. The van der Waals surface area contributed by atoms with Crippen molar-refractivity contribution in [2.24, 2.45) is 0 Å². The Morgan fingerprint density at radius 3 is 2.54 bits per heavy atom. The van der Waals surface area contributed by atoms with Crippen molar-refractivity contribution in [2.45, 2.75) is 19.4 Å². The van der Waals surface area contributed by atoms with Crippen LogP contribution in [0.5, 0.6) is 5.75 Å². The van der Waals surface area contributed by atoms with Gasteiger partial charge in [-0.1, -0.05) is 12.1 Å². The maximum absolute atomic E-state index is 12.3. The number of anilines is 1. The van der Waals surface area contributed by atoms with Gasteiger partial charge in [-0.3, -0.25) is 9.59 Å². The van der Waals surface area contributed by atoms with Crippen LogP contribution in [0.25, 0.3) is 0 Å². The van der Waals surface area contributed by atoms with Gasteiger partial charge in [-0.2, -0.15) is 0 Å². The summed E-state index contributed by atoms with van der Waals surface area (Å²) < 4.78 is 28.1. The van der Waals surface area contributed by atoms with E-state index in [0.717, 1.165) is 4.90 Å². The molecule has 1 aromatic carbocycles. The number of benzene rings is 1. The Morgan fingerprint density at radius 1 is 1.23 bits per heavy atom. The Hall–Kier alpha value is -2.13. The molecule has 3 N–H and O–H groups in total. The molecule has 0 spiro atoms. The number of sulfone groups is 1. The third-order valence-electron chi connectivity index (χ3n) is 4.30. The van der Waals surface area contributed by atoms with Gasteiger partial charge in [-0.25, -0.2) is 8.42 Å². The molecule has 0 saturated carbocycles. The third kappa shape index (κ3) is 5.99. The zero-order chi connectivity index (χ0) is 19.2. The van der Waals surface area contributed by atoms with E-state index in [1.54, 1.807) is 18.2 Å². The maximum Gasteiger partial charge on any atom is 0.279 e. The molecule has 1 heterocycles. The summed E-state index contributed by atoms with van der Waals surface area (Å²) in [5, 5.41) is 5.54. The fourth-order valence-electron chi connectivity index (χ4n) is 2.90. The number of methoxy groups -OCH3 is 1. The number of hydrogen-bond donors (Lipinski definition) is 3. The van der Waals surface area contributed by atoms with Gasteiger partial charge >= 0.3 is 0 Å². The van der Waals surface area contributed by atoms with Gasteiger partial charge in [-0.05, 0) is 25.5 Å². The summed E-state index contributed by atoms with van der Waals surface area (Å²) in [6.07, 6.45) is 0.448. The van der Waals surface area contributed by atoms with E-state index in [-0.39, 0.29) is 42.5 Å². The van der Waals surface area contributed by atoms with Crippen LogP contribution >= 0.6 is 0 Å². The third-order valence-corrected chi connectivity index (χ3v) is 6.07. The van der Waals surface area contributed by atoms with Crippen LogP contribution in [-0.4, -0.2) is 64.5 Å². The highest BCUT2D eigenvalue weighted by Gasteiger charge is 2.29. The van der Waals surface area contributed by atoms with Crippen molar-refractivity contribution in [3.8, 4) is 5.75 Å². The molecule has 1 aromatic rings. The van der Waals surface area contributed by atoms with E-state index < -0.39 is 9.84 Å². The van der Waals surface area contributed by atoms with Crippen molar-refractivity contribution in [3.05, 3.63) is 24.3 Å². The summed E-state index contributed by atoms with van der Waals surface area (Å²) >= 11 is 0. The van der Waals surface area contributed by atoms with Gasteiger partial charge < -0.3 is 20.3 Å². The topological polar surface area (TPSA) is 106 Å². The smallest absolute Gasteiger partial charge is 0.279 e. The highest BCUT2D eigenvalue weighted by Crippen LogP contribution is 2.22. The number of ether oxygens (including phenoxy) is 1. The van der Waals surface area contributed by atoms with Crippen LogP contribution < -0.4 is 20.3 Å². The molecule has 144 valence electrons. The molecule has 0 bridgehead atoms. The van der Waals surface area contributed by atoms with Gasteiger partial charge in [0.1, 0.15) is 5.75 Å². The molecule has 26 heavy (non-hydrogen) atoms. The van der Waals surface area contributed by atoms with E-state index in [4.69, 9.17) is 4.74 Å². The Labute approximate surface area is 153 Å². The van der Waals surface area contributed by atoms with Crippen LogP contribution in [0, 0.1) is 0 Å². The summed E-state index contributed by atoms with van der Waals surface area (Å²) in [4.78, 5) is 25.2. The molecule has 0 aliphatic carbocycles. The number of rotatable bonds is 8. The summed E-state index contributed by atoms with van der Waals surface area (Å²) in [6.45, 7) is 2.73. The van der Waals surface area contributed by atoms with E-state index in [0.29, 0.717) is 24.4 Å². The van der Waals surface area contributed by atoms with Crippen LogP contribution in [0.1, 0.15) is 13.3 Å². The fraction of sp³-hybridized carbons (Fsp3) is 0.529. The van der Waals surface area contributed by atoms with Crippen molar-refractivity contribution in [3.63, 3.8) is 0 Å². The largest absolute Gasteiger partial charge is 0.495 e. The van der Waals surface area contributed by atoms with E-state index >= 15 is 0 Å². The molecule has 1 aliphatic heterocycles. The minimum atomic E-state index is -3.03. The van der Waals surface area contributed by atoms with Gasteiger partial charge in [0.05, 0.1) is 30.8 Å². The zero-order valence-corrected chi connectivity index (χ0v) is 15.9. The van der Waals surface area contributed by atoms with Crippen molar-refractivity contribution in [1.82, 2.24) is 5.32 Å². The highest BCUT2D eigenvalue weighted by atomic mass is 32.2. The minimum Gasteiger partial charge on any atom is -0.495 e. The summed E-state index contributed by atoms with van der Waals surface area (Å²) in [6, 6.07) is 6.78. The SMILES string of the molecule is CC[NH+](CC(=O)Nc1ccccc1OC)CC(=O)N[C@H]1CCS(=O)(=O)C1. The Balaban J connectivity index is 1.84. The first kappa shape index (κ1) is 20.2. The quantitative estimate of drug-likeness (QED) is 0.524. The Kier molecular flexibility index (Phi) is 6.98. The molecule has 0 radical (unpaired) electrons. The van der Waals surface area contributed by atoms with E-state index in [1.165, 1.54) is 7.11 Å². The number of likely N-dealkylation sites (N-methyl/N-ethyl adjacent to an activating group) is 1. The number of carbonyl (C=O) groups is 2. The van der Waals surface area contributed by atoms with E-state index in [2.05, 4.69) is 10.6 Å². The van der Waals surface area contributed by atoms with Crippen LogP contribution in [0.2, 0.25) is 0 Å². The van der Waals surface area contributed by atoms with Crippen LogP contribution in [0.4, 0.5) is 5.69 Å². The first-order valence-corrected chi connectivity index (χ1v) is 10.4. The highest BCUT2D eigenvalue weighted by molar-refractivity contribution is 7.91. The molecular weight excluding hydrogens is 358 g/mol. The molecule has 2 atom stereocenters. The van der Waals surface area contributed by atoms with Crippen molar-refractivity contribution < 1.29 is 27.6 Å². The van der Waals surface area contributed by atoms with E-state index in [9.17, 15) is 18.0 Å².